The highest BCUT2D eigenvalue weighted by Gasteiger charge is 2.05. The van der Waals surface area contributed by atoms with Crippen molar-refractivity contribution in [3.8, 4) is 0 Å². The zero-order chi connectivity index (χ0) is 10.7. The Morgan fingerprint density at radius 3 is 2.87 bits per heavy atom. The van der Waals surface area contributed by atoms with Crippen molar-refractivity contribution >= 4 is 23.2 Å². The molecule has 5 heteroatoms. The molecule has 2 aromatic rings. The fourth-order valence-corrected chi connectivity index (χ4v) is 1.57. The molecule has 0 saturated carbocycles. The van der Waals surface area contributed by atoms with E-state index in [-0.39, 0.29) is 5.88 Å². The van der Waals surface area contributed by atoms with Gasteiger partial charge in [-0.3, -0.25) is 0 Å². The van der Waals surface area contributed by atoms with Crippen LogP contribution in [0.4, 0.5) is 0 Å². The third-order valence-corrected chi connectivity index (χ3v) is 2.34. The summed E-state index contributed by atoms with van der Waals surface area (Å²) in [6.45, 7) is 0. The van der Waals surface area contributed by atoms with Gasteiger partial charge in [0.1, 0.15) is 5.88 Å². The van der Waals surface area contributed by atoms with Gasteiger partial charge in [0, 0.05) is 11.4 Å². The van der Waals surface area contributed by atoms with Crippen LogP contribution in [-0.2, 0) is 12.3 Å². The third kappa shape index (κ3) is 2.70. The molecular weight excluding hydrogens is 235 g/mol. The van der Waals surface area contributed by atoms with Crippen molar-refractivity contribution in [1.29, 1.82) is 0 Å². The van der Waals surface area contributed by atoms with E-state index < -0.39 is 0 Å². The van der Waals surface area contributed by atoms with E-state index in [0.29, 0.717) is 23.2 Å². The first kappa shape index (κ1) is 10.5. The van der Waals surface area contributed by atoms with Crippen molar-refractivity contribution in [2.45, 2.75) is 12.3 Å². The maximum Gasteiger partial charge on any atom is 0.241 e. The van der Waals surface area contributed by atoms with E-state index in [1.54, 1.807) is 0 Å². The zero-order valence-electron chi connectivity index (χ0n) is 7.78. The Labute approximate surface area is 97.0 Å². The van der Waals surface area contributed by atoms with Gasteiger partial charge in [0.2, 0.25) is 5.89 Å². The minimum atomic E-state index is 0.239. The Balaban J connectivity index is 2.14. The number of aromatic nitrogens is 2. The van der Waals surface area contributed by atoms with Gasteiger partial charge in [-0.2, -0.15) is 4.98 Å². The molecule has 0 aliphatic heterocycles. The fourth-order valence-electron chi connectivity index (χ4n) is 1.25. The second-order valence-corrected chi connectivity index (χ2v) is 3.75. The lowest BCUT2D eigenvalue weighted by Crippen LogP contribution is -1.90. The molecule has 0 aliphatic carbocycles. The first-order valence-corrected chi connectivity index (χ1v) is 5.31. The number of hydrogen-bond acceptors (Lipinski definition) is 3. The van der Waals surface area contributed by atoms with E-state index >= 15 is 0 Å². The van der Waals surface area contributed by atoms with Crippen LogP contribution in [0.2, 0.25) is 5.02 Å². The Morgan fingerprint density at radius 2 is 2.20 bits per heavy atom. The summed E-state index contributed by atoms with van der Waals surface area (Å²) in [5.74, 6) is 1.30. The fraction of sp³-hybridized carbons (Fsp3) is 0.200. The summed E-state index contributed by atoms with van der Waals surface area (Å²) in [7, 11) is 0. The molecule has 0 fully saturated rings. The Hall–Kier alpha value is -1.06. The van der Waals surface area contributed by atoms with Crippen molar-refractivity contribution in [1.82, 2.24) is 10.1 Å². The van der Waals surface area contributed by atoms with Gasteiger partial charge in [-0.1, -0.05) is 28.9 Å². The number of alkyl halides is 1. The van der Waals surface area contributed by atoms with Gasteiger partial charge < -0.3 is 4.52 Å². The molecule has 0 aliphatic rings. The lowest BCUT2D eigenvalue weighted by molar-refractivity contribution is 0.385. The van der Waals surface area contributed by atoms with E-state index in [1.165, 1.54) is 0 Å². The van der Waals surface area contributed by atoms with E-state index in [9.17, 15) is 0 Å². The molecule has 0 bridgehead atoms. The minimum absolute atomic E-state index is 0.239. The first-order valence-electron chi connectivity index (χ1n) is 4.40. The lowest BCUT2D eigenvalue weighted by Gasteiger charge is -1.96. The number of nitrogens with zero attached hydrogens (tertiary/aromatic N) is 2. The molecule has 0 N–H and O–H groups in total. The van der Waals surface area contributed by atoms with Gasteiger partial charge in [0.25, 0.3) is 0 Å². The van der Waals surface area contributed by atoms with E-state index in [1.807, 2.05) is 24.3 Å². The van der Waals surface area contributed by atoms with Crippen LogP contribution in [0.3, 0.4) is 0 Å². The highest BCUT2D eigenvalue weighted by molar-refractivity contribution is 6.30. The number of halogens is 2. The zero-order valence-corrected chi connectivity index (χ0v) is 9.29. The molecule has 0 atom stereocenters. The Kier molecular flexibility index (Phi) is 3.23. The summed E-state index contributed by atoms with van der Waals surface area (Å²) in [6.07, 6.45) is 0.598. The molecule has 15 heavy (non-hydrogen) atoms. The summed E-state index contributed by atoms with van der Waals surface area (Å²) >= 11 is 11.4. The molecular formula is C10H8Cl2N2O. The molecule has 3 nitrogen and oxygen atoms in total. The van der Waals surface area contributed by atoms with Gasteiger partial charge >= 0.3 is 0 Å². The van der Waals surface area contributed by atoms with Crippen LogP contribution in [0.5, 0.6) is 0 Å². The highest BCUT2D eigenvalue weighted by Crippen LogP contribution is 2.13. The smallest absolute Gasteiger partial charge is 0.241 e. The molecule has 0 unspecified atom stereocenters. The molecule has 0 spiro atoms. The number of hydrogen-bond donors (Lipinski definition) is 0. The monoisotopic (exact) mass is 242 g/mol. The maximum absolute atomic E-state index is 5.86. The Bertz CT molecular complexity index is 456. The van der Waals surface area contributed by atoms with Gasteiger partial charge in [-0.05, 0) is 17.7 Å². The molecule has 1 aromatic carbocycles. The van der Waals surface area contributed by atoms with Crippen LogP contribution in [-0.4, -0.2) is 10.1 Å². The SMILES string of the molecule is ClCc1nc(Cc2cccc(Cl)c2)no1. The van der Waals surface area contributed by atoms with Gasteiger partial charge in [-0.15, -0.1) is 11.6 Å². The van der Waals surface area contributed by atoms with E-state index in [0.717, 1.165) is 5.56 Å². The largest absolute Gasteiger partial charge is 0.338 e. The van der Waals surface area contributed by atoms with E-state index in [2.05, 4.69) is 10.1 Å². The van der Waals surface area contributed by atoms with Crippen LogP contribution in [0.25, 0.3) is 0 Å². The van der Waals surface area contributed by atoms with Crippen LogP contribution in [0, 0.1) is 0 Å². The maximum atomic E-state index is 5.86. The molecule has 0 radical (unpaired) electrons. The molecule has 0 saturated heterocycles. The highest BCUT2D eigenvalue weighted by atomic mass is 35.5. The molecule has 1 aromatic heterocycles. The molecule has 78 valence electrons. The predicted octanol–water partition coefficient (Wildman–Crippen LogP) is 3.05. The Morgan fingerprint density at radius 1 is 1.33 bits per heavy atom. The molecule has 1 heterocycles. The second-order valence-electron chi connectivity index (χ2n) is 3.04. The number of benzene rings is 1. The summed E-state index contributed by atoms with van der Waals surface area (Å²) in [6, 6.07) is 7.55. The van der Waals surface area contributed by atoms with E-state index in [4.69, 9.17) is 27.7 Å². The average molecular weight is 243 g/mol. The minimum Gasteiger partial charge on any atom is -0.338 e. The number of rotatable bonds is 3. The van der Waals surface area contributed by atoms with Gasteiger partial charge in [-0.25, -0.2) is 0 Å². The normalized spacial score (nSPS) is 10.5. The second kappa shape index (κ2) is 4.64. The van der Waals surface area contributed by atoms with Crippen LogP contribution < -0.4 is 0 Å². The van der Waals surface area contributed by atoms with Crippen molar-refractivity contribution in [2.75, 3.05) is 0 Å². The average Bonchev–Trinajstić information content (AvgIpc) is 2.65. The molecule has 0 amide bonds. The standard InChI is InChI=1S/C10H8Cl2N2O/c11-6-10-13-9(14-15-10)5-7-2-1-3-8(12)4-7/h1-4H,5-6H2. The van der Waals surface area contributed by atoms with Gasteiger partial charge in [0.05, 0.1) is 0 Å². The van der Waals surface area contributed by atoms with Crippen LogP contribution >= 0.6 is 23.2 Å². The van der Waals surface area contributed by atoms with Crippen molar-refractivity contribution in [3.63, 3.8) is 0 Å². The summed E-state index contributed by atoms with van der Waals surface area (Å²) in [5, 5.41) is 4.50. The van der Waals surface area contributed by atoms with Crippen LogP contribution in [0.15, 0.2) is 28.8 Å². The van der Waals surface area contributed by atoms with Gasteiger partial charge in [0.15, 0.2) is 5.82 Å². The quantitative estimate of drug-likeness (QED) is 0.777. The molecule has 2 rings (SSSR count). The van der Waals surface area contributed by atoms with Crippen molar-refractivity contribution < 1.29 is 4.52 Å². The topological polar surface area (TPSA) is 38.9 Å². The summed E-state index contributed by atoms with van der Waals surface area (Å²) in [5.41, 5.74) is 1.05. The lowest BCUT2D eigenvalue weighted by atomic mass is 10.1. The third-order valence-electron chi connectivity index (χ3n) is 1.88. The summed E-state index contributed by atoms with van der Waals surface area (Å²) in [4.78, 5) is 4.10. The first-order chi connectivity index (χ1) is 7.28. The van der Waals surface area contributed by atoms with Crippen molar-refractivity contribution in [3.05, 3.63) is 46.6 Å². The van der Waals surface area contributed by atoms with Crippen molar-refractivity contribution in [2.24, 2.45) is 0 Å². The predicted molar refractivity (Wildman–Crippen MR) is 58.1 cm³/mol. The van der Waals surface area contributed by atoms with Crippen LogP contribution in [0.1, 0.15) is 17.3 Å². The summed E-state index contributed by atoms with van der Waals surface area (Å²) < 4.78 is 4.89.